The Hall–Kier alpha value is -2.82. The number of nitrogens with one attached hydrogen (secondary N) is 1. The third kappa shape index (κ3) is 6.83. The van der Waals surface area contributed by atoms with Crippen LogP contribution in [0.3, 0.4) is 0 Å². The number of carbonyl (C=O) groups is 1. The SMILES string of the molecule is CCCCCCCCCCCn1c(C(C)NC(=O)c2ccccc2OC)nc2ccccc21. The zero-order valence-electron chi connectivity index (χ0n) is 20.5. The highest BCUT2D eigenvalue weighted by atomic mass is 16.5. The van der Waals surface area contributed by atoms with Gasteiger partial charge >= 0.3 is 0 Å². The van der Waals surface area contributed by atoms with Gasteiger partial charge in [0.1, 0.15) is 11.6 Å². The predicted molar refractivity (Wildman–Crippen MR) is 136 cm³/mol. The van der Waals surface area contributed by atoms with Crippen molar-refractivity contribution in [1.82, 2.24) is 14.9 Å². The van der Waals surface area contributed by atoms with Gasteiger partial charge in [0.2, 0.25) is 0 Å². The Bertz CT molecular complexity index is 1010. The molecule has 178 valence electrons. The van der Waals surface area contributed by atoms with Crippen LogP contribution in [0.15, 0.2) is 48.5 Å². The molecule has 2 aromatic carbocycles. The van der Waals surface area contributed by atoms with Gasteiger partial charge in [0.05, 0.1) is 29.7 Å². The van der Waals surface area contributed by atoms with Gasteiger partial charge in [0.25, 0.3) is 5.91 Å². The molecule has 0 aliphatic heterocycles. The predicted octanol–water partition coefficient (Wildman–Crippen LogP) is 7.07. The summed E-state index contributed by atoms with van der Waals surface area (Å²) in [5.41, 5.74) is 2.64. The van der Waals surface area contributed by atoms with Crippen LogP contribution in [-0.2, 0) is 6.54 Å². The molecule has 0 spiro atoms. The Kier molecular flexibility index (Phi) is 9.79. The lowest BCUT2D eigenvalue weighted by Crippen LogP contribution is -2.29. The molecule has 5 heteroatoms. The molecule has 1 heterocycles. The Balaban J connectivity index is 1.62. The second-order valence-electron chi connectivity index (χ2n) is 8.83. The van der Waals surface area contributed by atoms with Gasteiger partial charge in [0, 0.05) is 6.54 Å². The first-order valence-corrected chi connectivity index (χ1v) is 12.5. The van der Waals surface area contributed by atoms with Gasteiger partial charge in [-0.15, -0.1) is 0 Å². The number of para-hydroxylation sites is 3. The number of imidazole rings is 1. The maximum Gasteiger partial charge on any atom is 0.255 e. The standard InChI is InChI=1S/C28H39N3O2/c1-4-5-6-7-8-9-10-11-16-21-31-25-19-14-13-18-24(25)30-27(31)22(2)29-28(32)23-17-12-15-20-26(23)33-3/h12-15,17-20,22H,4-11,16,21H2,1-3H3,(H,29,32). The quantitative estimate of drug-likeness (QED) is 0.268. The molecule has 3 aromatic rings. The van der Waals surface area contributed by atoms with Crippen LogP contribution >= 0.6 is 0 Å². The van der Waals surface area contributed by atoms with Crippen molar-refractivity contribution in [2.45, 2.75) is 84.2 Å². The first-order chi connectivity index (χ1) is 16.2. The summed E-state index contributed by atoms with van der Waals surface area (Å²) in [5, 5.41) is 3.12. The van der Waals surface area contributed by atoms with Gasteiger partial charge in [-0.1, -0.05) is 82.6 Å². The fourth-order valence-corrected chi connectivity index (χ4v) is 4.41. The van der Waals surface area contributed by atoms with Crippen LogP contribution in [-0.4, -0.2) is 22.6 Å². The van der Waals surface area contributed by atoms with Crippen LogP contribution in [0, 0.1) is 0 Å². The highest BCUT2D eigenvalue weighted by Crippen LogP contribution is 2.24. The van der Waals surface area contributed by atoms with E-state index in [1.807, 2.05) is 31.2 Å². The Labute approximate surface area is 198 Å². The first-order valence-electron chi connectivity index (χ1n) is 12.5. The van der Waals surface area contributed by atoms with Crippen molar-refractivity contribution >= 4 is 16.9 Å². The molecule has 1 unspecified atom stereocenters. The summed E-state index contributed by atoms with van der Waals surface area (Å²) < 4.78 is 7.64. The Morgan fingerprint density at radius 1 is 0.939 bits per heavy atom. The van der Waals surface area contributed by atoms with E-state index in [4.69, 9.17) is 9.72 Å². The Morgan fingerprint density at radius 2 is 1.58 bits per heavy atom. The molecule has 1 amide bonds. The zero-order chi connectivity index (χ0) is 23.5. The zero-order valence-corrected chi connectivity index (χ0v) is 20.5. The number of carbonyl (C=O) groups excluding carboxylic acids is 1. The molecular weight excluding hydrogens is 410 g/mol. The van der Waals surface area contributed by atoms with Crippen LogP contribution in [0.4, 0.5) is 0 Å². The van der Waals surface area contributed by atoms with E-state index in [0.717, 1.165) is 29.8 Å². The first kappa shape index (κ1) is 24.8. The number of nitrogens with zero attached hydrogens (tertiary/aromatic N) is 2. The lowest BCUT2D eigenvalue weighted by molar-refractivity contribution is 0.0934. The second-order valence-corrected chi connectivity index (χ2v) is 8.83. The van der Waals surface area contributed by atoms with Crippen LogP contribution in [0.25, 0.3) is 11.0 Å². The van der Waals surface area contributed by atoms with Crippen LogP contribution in [0.5, 0.6) is 5.75 Å². The van der Waals surface area contributed by atoms with Crippen molar-refractivity contribution in [2.24, 2.45) is 0 Å². The van der Waals surface area contributed by atoms with Crippen LogP contribution < -0.4 is 10.1 Å². The van der Waals surface area contributed by atoms with Crippen molar-refractivity contribution < 1.29 is 9.53 Å². The van der Waals surface area contributed by atoms with Gasteiger partial charge in [-0.05, 0) is 37.6 Å². The monoisotopic (exact) mass is 449 g/mol. The topological polar surface area (TPSA) is 56.2 Å². The molecule has 3 rings (SSSR count). The number of rotatable bonds is 14. The van der Waals surface area contributed by atoms with Crippen molar-refractivity contribution in [2.75, 3.05) is 7.11 Å². The summed E-state index contributed by atoms with van der Waals surface area (Å²) in [6.07, 6.45) is 11.7. The number of aromatic nitrogens is 2. The number of unbranched alkanes of at least 4 members (excludes halogenated alkanes) is 8. The smallest absolute Gasteiger partial charge is 0.255 e. The average Bonchev–Trinajstić information content (AvgIpc) is 3.21. The maximum absolute atomic E-state index is 12.9. The van der Waals surface area contributed by atoms with Crippen LogP contribution in [0.1, 0.15) is 93.9 Å². The number of amides is 1. The third-order valence-corrected chi connectivity index (χ3v) is 6.26. The van der Waals surface area contributed by atoms with Crippen molar-refractivity contribution in [3.8, 4) is 5.75 Å². The van der Waals surface area contributed by atoms with Gasteiger partial charge in [-0.2, -0.15) is 0 Å². The maximum atomic E-state index is 12.9. The van der Waals surface area contributed by atoms with Gasteiger partial charge in [0.15, 0.2) is 0 Å². The summed E-state index contributed by atoms with van der Waals surface area (Å²) in [5.74, 6) is 1.33. The number of aryl methyl sites for hydroxylation is 1. The molecule has 0 bridgehead atoms. The number of benzene rings is 2. The number of hydrogen-bond acceptors (Lipinski definition) is 3. The van der Waals surface area contributed by atoms with Gasteiger partial charge in [-0.25, -0.2) is 4.98 Å². The van der Waals surface area contributed by atoms with Gasteiger partial charge < -0.3 is 14.6 Å². The van der Waals surface area contributed by atoms with Gasteiger partial charge in [-0.3, -0.25) is 4.79 Å². The van der Waals surface area contributed by atoms with Crippen LogP contribution in [0.2, 0.25) is 0 Å². The fraction of sp³-hybridized carbons (Fsp3) is 0.500. The summed E-state index contributed by atoms with van der Waals surface area (Å²) >= 11 is 0. The summed E-state index contributed by atoms with van der Waals surface area (Å²) in [6, 6.07) is 15.3. The molecule has 1 aromatic heterocycles. The molecule has 0 radical (unpaired) electrons. The number of ether oxygens (including phenoxy) is 1. The van der Waals surface area contributed by atoms with E-state index in [1.54, 1.807) is 19.2 Å². The van der Waals surface area contributed by atoms with E-state index >= 15 is 0 Å². The molecule has 1 atom stereocenters. The molecule has 0 aliphatic rings. The lowest BCUT2D eigenvalue weighted by atomic mass is 10.1. The second kappa shape index (κ2) is 13.0. The van der Waals surface area contributed by atoms with E-state index in [0.29, 0.717) is 11.3 Å². The Morgan fingerprint density at radius 3 is 2.30 bits per heavy atom. The minimum atomic E-state index is -0.214. The number of methoxy groups -OCH3 is 1. The van der Waals surface area contributed by atoms with E-state index in [1.165, 1.54) is 51.4 Å². The summed E-state index contributed by atoms with van der Waals surface area (Å²) in [4.78, 5) is 17.8. The fourth-order valence-electron chi connectivity index (χ4n) is 4.41. The third-order valence-electron chi connectivity index (χ3n) is 6.26. The van der Waals surface area contributed by atoms with E-state index in [9.17, 15) is 4.79 Å². The molecule has 0 saturated carbocycles. The molecule has 33 heavy (non-hydrogen) atoms. The molecule has 5 nitrogen and oxygen atoms in total. The average molecular weight is 450 g/mol. The molecule has 0 aliphatic carbocycles. The van der Waals surface area contributed by atoms with E-state index in [2.05, 4.69) is 28.9 Å². The van der Waals surface area contributed by atoms with Crippen molar-refractivity contribution in [3.63, 3.8) is 0 Å². The van der Waals surface area contributed by atoms with Crippen molar-refractivity contribution in [1.29, 1.82) is 0 Å². The molecule has 0 fully saturated rings. The minimum Gasteiger partial charge on any atom is -0.496 e. The van der Waals surface area contributed by atoms with Crippen molar-refractivity contribution in [3.05, 3.63) is 59.9 Å². The normalized spacial score (nSPS) is 12.1. The number of fused-ring (bicyclic) bond motifs is 1. The largest absolute Gasteiger partial charge is 0.496 e. The molecular formula is C28H39N3O2. The minimum absolute atomic E-state index is 0.151. The molecule has 0 saturated heterocycles. The highest BCUT2D eigenvalue weighted by Gasteiger charge is 2.20. The number of hydrogen-bond donors (Lipinski definition) is 1. The lowest BCUT2D eigenvalue weighted by Gasteiger charge is -2.17. The van der Waals surface area contributed by atoms with E-state index < -0.39 is 0 Å². The highest BCUT2D eigenvalue weighted by molar-refractivity contribution is 5.97. The summed E-state index contributed by atoms with van der Waals surface area (Å²) in [7, 11) is 1.58. The molecule has 1 N–H and O–H groups in total. The summed E-state index contributed by atoms with van der Waals surface area (Å²) in [6.45, 7) is 5.18. The van der Waals surface area contributed by atoms with E-state index in [-0.39, 0.29) is 11.9 Å².